The van der Waals surface area contributed by atoms with E-state index in [1.807, 2.05) is 0 Å². The molecule has 1 amide bonds. The molecule has 0 aliphatic heterocycles. The van der Waals surface area contributed by atoms with Crippen LogP contribution in [0.2, 0.25) is 0 Å². The van der Waals surface area contributed by atoms with Crippen molar-refractivity contribution < 1.29 is 9.21 Å². The van der Waals surface area contributed by atoms with Gasteiger partial charge in [-0.15, -0.1) is 0 Å². The molecule has 0 aromatic carbocycles. The first-order valence-corrected chi connectivity index (χ1v) is 7.94. The van der Waals surface area contributed by atoms with E-state index in [0.717, 1.165) is 0 Å². The number of nitrogens with zero attached hydrogens (tertiary/aromatic N) is 3. The van der Waals surface area contributed by atoms with E-state index in [-0.39, 0.29) is 28.5 Å². The molecule has 0 fully saturated rings. The Morgan fingerprint density at radius 1 is 1.31 bits per heavy atom. The number of furan rings is 1. The van der Waals surface area contributed by atoms with Crippen molar-refractivity contribution in [3.63, 3.8) is 0 Å². The lowest BCUT2D eigenvalue weighted by Crippen LogP contribution is -2.33. The van der Waals surface area contributed by atoms with E-state index in [1.165, 1.54) is 28.3 Å². The number of aromatic nitrogens is 3. The van der Waals surface area contributed by atoms with Crippen molar-refractivity contribution in [2.75, 3.05) is 7.05 Å². The van der Waals surface area contributed by atoms with E-state index >= 15 is 0 Å². The first-order chi connectivity index (χ1) is 12.6. The topological polar surface area (TPSA) is 105 Å². The van der Waals surface area contributed by atoms with Crippen molar-refractivity contribution in [3.8, 4) is 0 Å². The summed E-state index contributed by atoms with van der Waals surface area (Å²) in [6, 6.07) is 10.2. The molecule has 0 bridgehead atoms. The average Bonchev–Trinajstić information content (AvgIpc) is 3.17. The Bertz CT molecular complexity index is 1250. The second kappa shape index (κ2) is 5.99. The Morgan fingerprint density at radius 3 is 2.88 bits per heavy atom. The number of nitrogens with one attached hydrogen (secondary N) is 2. The maximum absolute atomic E-state index is 12.9. The Hall–Kier alpha value is -3.68. The Balaban J connectivity index is 2.14. The van der Waals surface area contributed by atoms with Crippen molar-refractivity contribution >= 4 is 22.6 Å². The Morgan fingerprint density at radius 2 is 2.15 bits per heavy atom. The summed E-state index contributed by atoms with van der Waals surface area (Å²) in [6.07, 6.45) is 3.15. The van der Waals surface area contributed by atoms with Crippen LogP contribution in [0.25, 0.3) is 16.7 Å². The third kappa shape index (κ3) is 2.39. The third-order valence-corrected chi connectivity index (χ3v) is 4.18. The highest BCUT2D eigenvalue weighted by atomic mass is 16.3. The molecule has 0 unspecified atom stereocenters. The van der Waals surface area contributed by atoms with Gasteiger partial charge in [-0.2, -0.15) is 0 Å². The molecule has 4 aromatic heterocycles. The molecule has 4 heterocycles. The van der Waals surface area contributed by atoms with Gasteiger partial charge in [-0.25, -0.2) is 4.98 Å². The van der Waals surface area contributed by atoms with E-state index in [1.54, 1.807) is 36.5 Å². The lowest BCUT2D eigenvalue weighted by molar-refractivity contribution is 0.0960. The number of amides is 1. The van der Waals surface area contributed by atoms with Gasteiger partial charge in [-0.1, -0.05) is 6.07 Å². The van der Waals surface area contributed by atoms with Crippen molar-refractivity contribution in [2.24, 2.45) is 0 Å². The van der Waals surface area contributed by atoms with Crippen LogP contribution in [0, 0.1) is 5.41 Å². The molecule has 4 aromatic rings. The van der Waals surface area contributed by atoms with Crippen LogP contribution < -0.4 is 16.4 Å². The summed E-state index contributed by atoms with van der Waals surface area (Å²) in [5.41, 5.74) is 0.547. The average molecular weight is 349 g/mol. The standard InChI is InChI=1S/C18H15N5O3/c1-20-17(24)12-9-13-16(21-14-6-2-3-7-22(14)18(13)25)23(15(12)19)10-11-5-4-8-26-11/h2-9,19H,10H2,1H3,(H,20,24). The predicted molar refractivity (Wildman–Crippen MR) is 94.0 cm³/mol. The van der Waals surface area contributed by atoms with Crippen molar-refractivity contribution in [1.82, 2.24) is 19.3 Å². The molecule has 8 heteroatoms. The van der Waals surface area contributed by atoms with Gasteiger partial charge in [0.05, 0.1) is 23.8 Å². The van der Waals surface area contributed by atoms with Gasteiger partial charge in [-0.05, 0) is 30.3 Å². The van der Waals surface area contributed by atoms with E-state index < -0.39 is 5.91 Å². The number of hydrogen-bond acceptors (Lipinski definition) is 5. The number of carbonyl (C=O) groups is 1. The third-order valence-electron chi connectivity index (χ3n) is 4.18. The zero-order chi connectivity index (χ0) is 18.3. The second-order valence-corrected chi connectivity index (χ2v) is 5.73. The molecule has 0 radical (unpaired) electrons. The molecule has 0 saturated heterocycles. The zero-order valence-corrected chi connectivity index (χ0v) is 13.9. The first kappa shape index (κ1) is 15.8. The number of rotatable bonds is 3. The van der Waals surface area contributed by atoms with Crippen molar-refractivity contribution in [2.45, 2.75) is 6.54 Å². The Kier molecular flexibility index (Phi) is 3.65. The molecule has 0 aliphatic carbocycles. The summed E-state index contributed by atoms with van der Waals surface area (Å²) in [5, 5.41) is 11.2. The van der Waals surface area contributed by atoms with Crippen LogP contribution in [0.1, 0.15) is 16.1 Å². The molecule has 26 heavy (non-hydrogen) atoms. The molecule has 130 valence electrons. The lowest BCUT2D eigenvalue weighted by atomic mass is 10.2. The van der Waals surface area contributed by atoms with Crippen molar-refractivity contribution in [1.29, 1.82) is 5.41 Å². The Labute approximate surface area is 146 Å². The minimum absolute atomic E-state index is 0.0413. The molecule has 0 spiro atoms. The van der Waals surface area contributed by atoms with Crippen LogP contribution in [0.3, 0.4) is 0 Å². The van der Waals surface area contributed by atoms with Gasteiger partial charge >= 0.3 is 0 Å². The van der Waals surface area contributed by atoms with Crippen LogP contribution in [-0.4, -0.2) is 26.9 Å². The zero-order valence-electron chi connectivity index (χ0n) is 13.9. The largest absolute Gasteiger partial charge is 0.467 e. The first-order valence-electron chi connectivity index (χ1n) is 7.94. The predicted octanol–water partition coefficient (Wildman–Crippen LogP) is 1.13. The van der Waals surface area contributed by atoms with Gasteiger partial charge in [0, 0.05) is 13.2 Å². The minimum Gasteiger partial charge on any atom is -0.467 e. The second-order valence-electron chi connectivity index (χ2n) is 5.73. The highest BCUT2D eigenvalue weighted by Gasteiger charge is 2.17. The van der Waals surface area contributed by atoms with Crippen molar-refractivity contribution in [3.05, 3.63) is 76.0 Å². The number of carbonyl (C=O) groups excluding carboxylic acids is 1. The summed E-state index contributed by atoms with van der Waals surface area (Å²) in [7, 11) is 1.48. The minimum atomic E-state index is -0.442. The monoisotopic (exact) mass is 349 g/mol. The lowest BCUT2D eigenvalue weighted by Gasteiger charge is -2.13. The fraction of sp³-hybridized carbons (Fsp3) is 0.111. The van der Waals surface area contributed by atoms with Gasteiger partial charge in [0.2, 0.25) is 0 Å². The molecule has 4 rings (SSSR count). The summed E-state index contributed by atoms with van der Waals surface area (Å²) >= 11 is 0. The van der Waals surface area contributed by atoms with E-state index in [2.05, 4.69) is 10.3 Å². The maximum Gasteiger partial charge on any atom is 0.267 e. The maximum atomic E-state index is 12.9. The van der Waals surface area contributed by atoms with Gasteiger partial charge in [0.15, 0.2) is 0 Å². The van der Waals surface area contributed by atoms with Crippen LogP contribution in [0.15, 0.2) is 58.1 Å². The fourth-order valence-electron chi connectivity index (χ4n) is 2.91. The molecule has 0 aliphatic rings. The van der Waals surface area contributed by atoms with Crippen LogP contribution in [0.5, 0.6) is 0 Å². The smallest absolute Gasteiger partial charge is 0.267 e. The van der Waals surface area contributed by atoms with Gasteiger partial charge in [0.25, 0.3) is 11.5 Å². The molecule has 2 N–H and O–H groups in total. The molecular weight excluding hydrogens is 334 g/mol. The van der Waals surface area contributed by atoms with E-state index in [0.29, 0.717) is 17.1 Å². The highest BCUT2D eigenvalue weighted by molar-refractivity contribution is 5.96. The number of hydrogen-bond donors (Lipinski definition) is 2. The van der Waals surface area contributed by atoms with Gasteiger partial charge in [-0.3, -0.25) is 19.4 Å². The molecule has 8 nitrogen and oxygen atoms in total. The van der Waals surface area contributed by atoms with Crippen LogP contribution in [0.4, 0.5) is 0 Å². The fourth-order valence-corrected chi connectivity index (χ4v) is 2.91. The number of fused-ring (bicyclic) bond motifs is 2. The van der Waals surface area contributed by atoms with Gasteiger partial charge < -0.3 is 14.3 Å². The summed E-state index contributed by atoms with van der Waals surface area (Å²) in [5.74, 6) is 0.150. The molecular formula is C18H15N5O3. The van der Waals surface area contributed by atoms with Crippen LogP contribution >= 0.6 is 0 Å². The van der Waals surface area contributed by atoms with Gasteiger partial charge in [0.1, 0.15) is 22.5 Å². The van der Waals surface area contributed by atoms with E-state index in [9.17, 15) is 9.59 Å². The molecule has 0 saturated carbocycles. The highest BCUT2D eigenvalue weighted by Crippen LogP contribution is 2.12. The number of pyridine rings is 2. The molecule has 0 atom stereocenters. The summed E-state index contributed by atoms with van der Waals surface area (Å²) < 4.78 is 8.29. The SMILES string of the molecule is CNC(=O)c1cc2c(=O)n3ccccc3nc2n(Cc2ccco2)c1=N. The normalized spacial score (nSPS) is 11.1. The summed E-state index contributed by atoms with van der Waals surface area (Å²) in [6.45, 7) is 0.183. The van der Waals surface area contributed by atoms with Crippen LogP contribution in [-0.2, 0) is 6.54 Å². The van der Waals surface area contributed by atoms with E-state index in [4.69, 9.17) is 9.83 Å². The summed E-state index contributed by atoms with van der Waals surface area (Å²) in [4.78, 5) is 29.7. The quantitative estimate of drug-likeness (QED) is 0.541.